The smallest absolute Gasteiger partial charge is 0.0628 e. The van der Waals surface area contributed by atoms with Gasteiger partial charge in [0.1, 0.15) is 0 Å². The van der Waals surface area contributed by atoms with E-state index in [1.54, 1.807) is 0 Å². The van der Waals surface area contributed by atoms with Crippen LogP contribution in [0.15, 0.2) is 18.2 Å². The minimum Gasteiger partial charge on any atom is -0.394 e. The average Bonchev–Trinajstić information content (AvgIpc) is 2.27. The molecule has 0 aliphatic rings. The molecule has 0 bridgehead atoms. The van der Waals surface area contributed by atoms with E-state index in [1.165, 1.54) is 16.8 Å². The topological polar surface area (TPSA) is 35.5 Å². The van der Waals surface area contributed by atoms with E-state index in [0.717, 1.165) is 6.54 Å². The second-order valence-electron chi connectivity index (χ2n) is 6.16. The van der Waals surface area contributed by atoms with E-state index in [-0.39, 0.29) is 12.1 Å². The average molecular weight is 264 g/mol. The van der Waals surface area contributed by atoms with Crippen LogP contribution in [-0.4, -0.2) is 36.9 Å². The standard InChI is InChI=1S/C16H28N2O/c1-12(2)17-16(5,11-19)10-18(6)15-8-7-13(3)9-14(15)4/h7-9,12,17,19H,10-11H2,1-6H3. The zero-order valence-electron chi connectivity index (χ0n) is 13.1. The highest BCUT2D eigenvalue weighted by Gasteiger charge is 2.26. The van der Waals surface area contributed by atoms with Crippen molar-refractivity contribution in [2.75, 3.05) is 25.1 Å². The Morgan fingerprint density at radius 2 is 1.95 bits per heavy atom. The molecule has 0 spiro atoms. The quantitative estimate of drug-likeness (QED) is 0.828. The Morgan fingerprint density at radius 1 is 1.32 bits per heavy atom. The second-order valence-corrected chi connectivity index (χ2v) is 6.16. The first-order chi connectivity index (χ1) is 8.77. The van der Waals surface area contributed by atoms with Crippen LogP contribution >= 0.6 is 0 Å². The minimum absolute atomic E-state index is 0.125. The predicted molar refractivity (Wildman–Crippen MR) is 82.9 cm³/mol. The van der Waals surface area contributed by atoms with E-state index in [0.29, 0.717) is 6.04 Å². The first kappa shape index (κ1) is 16.0. The number of nitrogens with zero attached hydrogens (tertiary/aromatic N) is 1. The van der Waals surface area contributed by atoms with Crippen LogP contribution < -0.4 is 10.2 Å². The minimum atomic E-state index is -0.291. The molecule has 0 radical (unpaired) electrons. The molecule has 1 aromatic carbocycles. The maximum Gasteiger partial charge on any atom is 0.0628 e. The third kappa shape index (κ3) is 4.51. The molecular formula is C16H28N2O. The van der Waals surface area contributed by atoms with Crippen molar-refractivity contribution in [1.82, 2.24) is 5.32 Å². The van der Waals surface area contributed by atoms with E-state index < -0.39 is 0 Å². The first-order valence-electron chi connectivity index (χ1n) is 6.94. The number of aryl methyl sites for hydroxylation is 2. The van der Waals surface area contributed by atoms with Crippen molar-refractivity contribution in [2.45, 2.75) is 46.2 Å². The van der Waals surface area contributed by atoms with Gasteiger partial charge < -0.3 is 15.3 Å². The van der Waals surface area contributed by atoms with Crippen molar-refractivity contribution in [3.63, 3.8) is 0 Å². The molecule has 19 heavy (non-hydrogen) atoms. The van der Waals surface area contributed by atoms with Crippen LogP contribution in [0.1, 0.15) is 31.9 Å². The third-order valence-corrected chi connectivity index (χ3v) is 3.34. The highest BCUT2D eigenvalue weighted by Crippen LogP contribution is 2.21. The molecule has 1 unspecified atom stereocenters. The Hall–Kier alpha value is -1.06. The highest BCUT2D eigenvalue weighted by molar-refractivity contribution is 5.54. The number of aliphatic hydroxyl groups excluding tert-OH is 1. The number of aliphatic hydroxyl groups is 1. The largest absolute Gasteiger partial charge is 0.394 e. The van der Waals surface area contributed by atoms with E-state index in [1.807, 2.05) is 0 Å². The lowest BCUT2D eigenvalue weighted by atomic mass is 10.0. The Labute approximate surface area is 117 Å². The van der Waals surface area contributed by atoms with Crippen molar-refractivity contribution >= 4 is 5.69 Å². The summed E-state index contributed by atoms with van der Waals surface area (Å²) in [6, 6.07) is 6.82. The summed E-state index contributed by atoms with van der Waals surface area (Å²) in [5, 5.41) is 13.1. The number of likely N-dealkylation sites (N-methyl/N-ethyl adjacent to an activating group) is 1. The molecular weight excluding hydrogens is 236 g/mol. The fourth-order valence-electron chi connectivity index (χ4n) is 2.68. The van der Waals surface area contributed by atoms with Gasteiger partial charge in [0, 0.05) is 25.3 Å². The fraction of sp³-hybridized carbons (Fsp3) is 0.625. The summed E-state index contributed by atoms with van der Waals surface area (Å²) in [5.41, 5.74) is 3.48. The third-order valence-electron chi connectivity index (χ3n) is 3.34. The summed E-state index contributed by atoms with van der Waals surface area (Å²) in [6.07, 6.45) is 0. The van der Waals surface area contributed by atoms with Crippen LogP contribution in [0, 0.1) is 13.8 Å². The molecule has 108 valence electrons. The number of benzene rings is 1. The molecule has 0 fully saturated rings. The van der Waals surface area contributed by atoms with Gasteiger partial charge in [-0.3, -0.25) is 0 Å². The number of anilines is 1. The van der Waals surface area contributed by atoms with Crippen LogP contribution in [-0.2, 0) is 0 Å². The molecule has 0 aromatic heterocycles. The maximum absolute atomic E-state index is 9.65. The van der Waals surface area contributed by atoms with E-state index in [2.05, 4.69) is 70.1 Å². The fourth-order valence-corrected chi connectivity index (χ4v) is 2.68. The summed E-state index contributed by atoms with van der Waals surface area (Å²) in [4.78, 5) is 2.21. The normalized spacial score (nSPS) is 14.5. The van der Waals surface area contributed by atoms with Crippen molar-refractivity contribution in [3.8, 4) is 0 Å². The molecule has 0 heterocycles. The van der Waals surface area contributed by atoms with E-state index in [4.69, 9.17) is 0 Å². The molecule has 0 amide bonds. The Bertz CT molecular complexity index is 417. The summed E-state index contributed by atoms with van der Waals surface area (Å²) in [7, 11) is 2.08. The van der Waals surface area contributed by atoms with Gasteiger partial charge in [0.25, 0.3) is 0 Å². The van der Waals surface area contributed by atoms with Gasteiger partial charge in [-0.05, 0) is 32.4 Å². The lowest BCUT2D eigenvalue weighted by Crippen LogP contribution is -2.55. The summed E-state index contributed by atoms with van der Waals surface area (Å²) in [5.74, 6) is 0. The van der Waals surface area contributed by atoms with Crippen LogP contribution in [0.3, 0.4) is 0 Å². The van der Waals surface area contributed by atoms with Gasteiger partial charge in [0.05, 0.1) is 12.1 Å². The SMILES string of the molecule is Cc1ccc(N(C)CC(C)(CO)NC(C)C)c(C)c1. The summed E-state index contributed by atoms with van der Waals surface area (Å²) in [6.45, 7) is 11.4. The lowest BCUT2D eigenvalue weighted by Gasteiger charge is -2.36. The molecule has 0 saturated carbocycles. The van der Waals surface area contributed by atoms with Gasteiger partial charge in [-0.25, -0.2) is 0 Å². The number of hydrogen-bond acceptors (Lipinski definition) is 3. The monoisotopic (exact) mass is 264 g/mol. The van der Waals surface area contributed by atoms with Gasteiger partial charge in [0.2, 0.25) is 0 Å². The van der Waals surface area contributed by atoms with Crippen molar-refractivity contribution in [3.05, 3.63) is 29.3 Å². The molecule has 1 rings (SSSR count). The van der Waals surface area contributed by atoms with Crippen LogP contribution in [0.2, 0.25) is 0 Å². The molecule has 1 atom stereocenters. The van der Waals surface area contributed by atoms with Crippen molar-refractivity contribution in [2.24, 2.45) is 0 Å². The summed E-state index contributed by atoms with van der Waals surface area (Å²) >= 11 is 0. The maximum atomic E-state index is 9.65. The zero-order valence-corrected chi connectivity index (χ0v) is 13.1. The van der Waals surface area contributed by atoms with E-state index in [9.17, 15) is 5.11 Å². The number of nitrogens with one attached hydrogen (secondary N) is 1. The van der Waals surface area contributed by atoms with Crippen LogP contribution in [0.25, 0.3) is 0 Å². The van der Waals surface area contributed by atoms with Gasteiger partial charge in [-0.1, -0.05) is 31.5 Å². The molecule has 0 aliphatic heterocycles. The number of rotatable bonds is 6. The Kier molecular flexibility index (Phi) is 5.39. The highest BCUT2D eigenvalue weighted by atomic mass is 16.3. The molecule has 0 aliphatic carbocycles. The molecule has 2 N–H and O–H groups in total. The predicted octanol–water partition coefficient (Wildman–Crippen LogP) is 2.49. The first-order valence-corrected chi connectivity index (χ1v) is 6.94. The van der Waals surface area contributed by atoms with Gasteiger partial charge in [-0.15, -0.1) is 0 Å². The number of hydrogen-bond donors (Lipinski definition) is 2. The van der Waals surface area contributed by atoms with Crippen molar-refractivity contribution < 1.29 is 5.11 Å². The second kappa shape index (κ2) is 6.40. The van der Waals surface area contributed by atoms with Gasteiger partial charge in [0.15, 0.2) is 0 Å². The molecule has 3 nitrogen and oxygen atoms in total. The summed E-state index contributed by atoms with van der Waals surface area (Å²) < 4.78 is 0. The Balaban J connectivity index is 2.85. The van der Waals surface area contributed by atoms with E-state index >= 15 is 0 Å². The van der Waals surface area contributed by atoms with Crippen LogP contribution in [0.4, 0.5) is 5.69 Å². The van der Waals surface area contributed by atoms with Gasteiger partial charge in [-0.2, -0.15) is 0 Å². The molecule has 1 aromatic rings. The van der Waals surface area contributed by atoms with Gasteiger partial charge >= 0.3 is 0 Å². The Morgan fingerprint density at radius 3 is 2.42 bits per heavy atom. The lowest BCUT2D eigenvalue weighted by molar-refractivity contribution is 0.170. The molecule has 0 saturated heterocycles. The van der Waals surface area contributed by atoms with Crippen molar-refractivity contribution in [1.29, 1.82) is 0 Å². The zero-order chi connectivity index (χ0) is 14.6. The molecule has 3 heteroatoms. The van der Waals surface area contributed by atoms with Crippen LogP contribution in [0.5, 0.6) is 0 Å².